The maximum atomic E-state index is 11.9. The number of benzene rings is 1. The minimum absolute atomic E-state index is 0.108. The van der Waals surface area contributed by atoms with Crippen LogP contribution in [0.15, 0.2) is 24.3 Å². The third-order valence-corrected chi connectivity index (χ3v) is 4.38. The average Bonchev–Trinajstić information content (AvgIpc) is 2.68. The molecule has 3 nitrogen and oxygen atoms in total. The van der Waals surface area contributed by atoms with Crippen molar-refractivity contribution in [2.45, 2.75) is 5.37 Å². The quantitative estimate of drug-likeness (QED) is 0.849. The molecule has 1 atom stereocenters. The number of hydrogen-bond donors (Lipinski definition) is 0. The molecule has 1 fully saturated rings. The average molecular weight is 285 g/mol. The van der Waals surface area contributed by atoms with Crippen LogP contribution in [0.4, 0.5) is 0 Å². The summed E-state index contributed by atoms with van der Waals surface area (Å²) in [6.07, 6.45) is 0. The summed E-state index contributed by atoms with van der Waals surface area (Å²) in [5.74, 6) is 0.775. The molecule has 0 spiro atoms. The Bertz CT molecular complexity index is 439. The fourth-order valence-corrected chi connectivity index (χ4v) is 3.35. The van der Waals surface area contributed by atoms with Crippen molar-refractivity contribution in [3.63, 3.8) is 0 Å². The van der Waals surface area contributed by atoms with Crippen molar-refractivity contribution in [3.8, 4) is 0 Å². The lowest BCUT2D eigenvalue weighted by atomic mass is 10.2. The molecule has 1 aliphatic heterocycles. The van der Waals surface area contributed by atoms with Crippen molar-refractivity contribution < 1.29 is 4.79 Å². The zero-order valence-electron chi connectivity index (χ0n) is 10.6. The van der Waals surface area contributed by atoms with Gasteiger partial charge in [0.2, 0.25) is 5.91 Å². The lowest BCUT2D eigenvalue weighted by Crippen LogP contribution is -2.34. The highest BCUT2D eigenvalue weighted by molar-refractivity contribution is 8.00. The predicted octanol–water partition coefficient (Wildman–Crippen LogP) is 2.48. The van der Waals surface area contributed by atoms with Gasteiger partial charge in [0.15, 0.2) is 0 Å². The molecular weight excluding hydrogens is 268 g/mol. The SMILES string of the molecule is CN(C)CCN1C(=O)CSC1c1cccc(Cl)c1. The van der Waals surface area contributed by atoms with E-state index in [1.54, 1.807) is 11.8 Å². The maximum Gasteiger partial charge on any atom is 0.233 e. The van der Waals surface area contributed by atoms with Crippen molar-refractivity contribution in [2.24, 2.45) is 0 Å². The number of nitrogens with zero attached hydrogens (tertiary/aromatic N) is 2. The molecular formula is C13H17ClN2OS. The molecule has 1 heterocycles. The summed E-state index contributed by atoms with van der Waals surface area (Å²) in [6.45, 7) is 1.64. The van der Waals surface area contributed by atoms with Gasteiger partial charge in [0.05, 0.1) is 5.75 Å². The van der Waals surface area contributed by atoms with Crippen LogP contribution in [0.25, 0.3) is 0 Å². The molecule has 1 saturated heterocycles. The Labute approximate surface area is 117 Å². The van der Waals surface area contributed by atoms with Gasteiger partial charge in [0.1, 0.15) is 5.37 Å². The molecule has 1 unspecified atom stereocenters. The van der Waals surface area contributed by atoms with Gasteiger partial charge in [-0.2, -0.15) is 0 Å². The van der Waals surface area contributed by atoms with E-state index in [9.17, 15) is 4.79 Å². The molecule has 0 N–H and O–H groups in total. The predicted molar refractivity (Wildman–Crippen MR) is 76.9 cm³/mol. The first-order chi connectivity index (χ1) is 8.58. The van der Waals surface area contributed by atoms with Crippen molar-refractivity contribution in [1.29, 1.82) is 0 Å². The highest BCUT2D eigenvalue weighted by atomic mass is 35.5. The molecule has 0 aliphatic carbocycles. The Morgan fingerprint density at radius 2 is 2.28 bits per heavy atom. The van der Waals surface area contributed by atoms with E-state index < -0.39 is 0 Å². The zero-order valence-corrected chi connectivity index (χ0v) is 12.2. The Hall–Kier alpha value is -0.710. The summed E-state index contributed by atoms with van der Waals surface area (Å²) in [7, 11) is 4.03. The van der Waals surface area contributed by atoms with E-state index in [-0.39, 0.29) is 11.3 Å². The zero-order chi connectivity index (χ0) is 13.1. The lowest BCUT2D eigenvalue weighted by molar-refractivity contribution is -0.128. The fraction of sp³-hybridized carbons (Fsp3) is 0.462. The van der Waals surface area contributed by atoms with Crippen LogP contribution in [-0.4, -0.2) is 48.6 Å². The Morgan fingerprint density at radius 3 is 2.94 bits per heavy atom. The minimum Gasteiger partial charge on any atom is -0.325 e. The molecule has 1 amide bonds. The molecule has 2 rings (SSSR count). The number of amides is 1. The topological polar surface area (TPSA) is 23.6 Å². The summed E-state index contributed by atoms with van der Waals surface area (Å²) in [4.78, 5) is 15.9. The molecule has 0 bridgehead atoms. The van der Waals surface area contributed by atoms with Crippen LogP contribution < -0.4 is 0 Å². The van der Waals surface area contributed by atoms with Crippen LogP contribution in [0.2, 0.25) is 5.02 Å². The summed E-state index contributed by atoms with van der Waals surface area (Å²) >= 11 is 7.69. The van der Waals surface area contributed by atoms with E-state index in [0.717, 1.165) is 23.7 Å². The fourth-order valence-electron chi connectivity index (χ4n) is 1.94. The number of likely N-dealkylation sites (N-methyl/N-ethyl adjacent to an activating group) is 1. The molecule has 0 aromatic heterocycles. The number of hydrogen-bond acceptors (Lipinski definition) is 3. The lowest BCUT2D eigenvalue weighted by Gasteiger charge is -2.25. The molecule has 1 aromatic rings. The first-order valence-electron chi connectivity index (χ1n) is 5.89. The Kier molecular flexibility index (Phi) is 4.54. The van der Waals surface area contributed by atoms with Gasteiger partial charge in [-0.05, 0) is 31.8 Å². The normalized spacial score (nSPS) is 19.9. The number of halogens is 1. The molecule has 0 radical (unpaired) electrons. The van der Waals surface area contributed by atoms with Gasteiger partial charge in [-0.1, -0.05) is 23.7 Å². The largest absolute Gasteiger partial charge is 0.325 e. The van der Waals surface area contributed by atoms with E-state index in [0.29, 0.717) is 5.75 Å². The first kappa shape index (κ1) is 13.7. The molecule has 1 aromatic carbocycles. The summed E-state index contributed by atoms with van der Waals surface area (Å²) in [5.41, 5.74) is 1.11. The molecule has 1 aliphatic rings. The van der Waals surface area contributed by atoms with Gasteiger partial charge < -0.3 is 9.80 Å². The van der Waals surface area contributed by atoms with E-state index in [1.807, 2.05) is 43.3 Å². The van der Waals surface area contributed by atoms with Crippen molar-refractivity contribution >= 4 is 29.3 Å². The Balaban J connectivity index is 2.13. The van der Waals surface area contributed by atoms with Crippen LogP contribution in [0.3, 0.4) is 0 Å². The van der Waals surface area contributed by atoms with Crippen LogP contribution >= 0.6 is 23.4 Å². The smallest absolute Gasteiger partial charge is 0.233 e. The second kappa shape index (κ2) is 5.95. The molecule has 5 heteroatoms. The molecule has 0 saturated carbocycles. The molecule has 98 valence electrons. The summed E-state index contributed by atoms with van der Waals surface area (Å²) in [5, 5.41) is 0.830. The van der Waals surface area contributed by atoms with Crippen molar-refractivity contribution in [3.05, 3.63) is 34.9 Å². The van der Waals surface area contributed by atoms with E-state index in [1.165, 1.54) is 0 Å². The maximum absolute atomic E-state index is 11.9. The number of thioether (sulfide) groups is 1. The van der Waals surface area contributed by atoms with Crippen LogP contribution in [0.1, 0.15) is 10.9 Å². The minimum atomic E-state index is 0.108. The van der Waals surface area contributed by atoms with Gasteiger partial charge in [-0.15, -0.1) is 11.8 Å². The van der Waals surface area contributed by atoms with Crippen molar-refractivity contribution in [1.82, 2.24) is 9.80 Å². The van der Waals surface area contributed by atoms with Gasteiger partial charge in [-0.3, -0.25) is 4.79 Å². The standard InChI is InChI=1S/C13H17ClN2OS/c1-15(2)6-7-16-12(17)9-18-13(16)10-4-3-5-11(14)8-10/h3-5,8,13H,6-7,9H2,1-2H3. The van der Waals surface area contributed by atoms with E-state index in [2.05, 4.69) is 4.90 Å². The van der Waals surface area contributed by atoms with Crippen LogP contribution in [-0.2, 0) is 4.79 Å². The third-order valence-electron chi connectivity index (χ3n) is 2.89. The van der Waals surface area contributed by atoms with Gasteiger partial charge >= 0.3 is 0 Å². The van der Waals surface area contributed by atoms with Crippen LogP contribution in [0.5, 0.6) is 0 Å². The van der Waals surface area contributed by atoms with Gasteiger partial charge in [0.25, 0.3) is 0 Å². The number of carbonyl (C=O) groups excluding carboxylic acids is 1. The Morgan fingerprint density at radius 1 is 1.50 bits per heavy atom. The van der Waals surface area contributed by atoms with E-state index >= 15 is 0 Å². The molecule has 18 heavy (non-hydrogen) atoms. The van der Waals surface area contributed by atoms with Crippen LogP contribution in [0, 0.1) is 0 Å². The summed E-state index contributed by atoms with van der Waals surface area (Å²) < 4.78 is 0. The third kappa shape index (κ3) is 3.19. The number of rotatable bonds is 4. The van der Waals surface area contributed by atoms with Gasteiger partial charge in [0, 0.05) is 18.1 Å². The highest BCUT2D eigenvalue weighted by Crippen LogP contribution is 2.38. The summed E-state index contributed by atoms with van der Waals surface area (Å²) in [6, 6.07) is 7.77. The van der Waals surface area contributed by atoms with Crippen molar-refractivity contribution in [2.75, 3.05) is 32.9 Å². The first-order valence-corrected chi connectivity index (χ1v) is 7.32. The second-order valence-corrected chi connectivity index (χ2v) is 6.11. The van der Waals surface area contributed by atoms with E-state index in [4.69, 9.17) is 11.6 Å². The highest BCUT2D eigenvalue weighted by Gasteiger charge is 2.32. The number of carbonyl (C=O) groups is 1. The monoisotopic (exact) mass is 284 g/mol. The van der Waals surface area contributed by atoms with Gasteiger partial charge in [-0.25, -0.2) is 0 Å². The second-order valence-electron chi connectivity index (χ2n) is 4.61.